The van der Waals surface area contributed by atoms with Gasteiger partial charge in [0.15, 0.2) is 0 Å². The Hall–Kier alpha value is -0.720. The smallest absolute Gasteiger partial charge is 0.00983 e. The molecule has 0 unspecified atom stereocenters. The van der Waals surface area contributed by atoms with Gasteiger partial charge in [-0.15, -0.1) is 0 Å². The number of allylic oxidation sites excluding steroid dienone is 3. The van der Waals surface area contributed by atoms with Gasteiger partial charge < -0.3 is 4.90 Å². The fourth-order valence-corrected chi connectivity index (χ4v) is 0.486. The second-order valence-corrected chi connectivity index (χ2v) is 2.53. The van der Waals surface area contributed by atoms with Crippen molar-refractivity contribution in [3.8, 4) is 0 Å². The Bertz CT molecular complexity index is 132. The molecule has 0 atom stereocenters. The van der Waals surface area contributed by atoms with E-state index in [1.165, 1.54) is 5.70 Å². The molecule has 1 nitrogen and oxygen atoms in total. The third-order valence-electron chi connectivity index (χ3n) is 1.16. The summed E-state index contributed by atoms with van der Waals surface area (Å²) in [7, 11) is 4.05. The van der Waals surface area contributed by atoms with Gasteiger partial charge in [-0.3, -0.25) is 0 Å². The standard InChI is InChI=1S/C8H15N/c1-7(2)6-8(3)9(4)5/h6H,1H2,2-5H3/b8-6-. The number of hydrogen-bond acceptors (Lipinski definition) is 1. The van der Waals surface area contributed by atoms with Gasteiger partial charge >= 0.3 is 0 Å². The van der Waals surface area contributed by atoms with Gasteiger partial charge in [0, 0.05) is 19.8 Å². The minimum absolute atomic E-state index is 1.10. The first-order valence-electron chi connectivity index (χ1n) is 3.05. The first-order chi connectivity index (χ1) is 4.04. The van der Waals surface area contributed by atoms with Crippen LogP contribution in [0, 0.1) is 0 Å². The Labute approximate surface area is 57.7 Å². The molecule has 0 saturated heterocycles. The molecule has 0 rings (SSSR count). The summed E-state index contributed by atoms with van der Waals surface area (Å²) in [5.41, 5.74) is 2.34. The fraction of sp³-hybridized carbons (Fsp3) is 0.500. The van der Waals surface area contributed by atoms with E-state index in [2.05, 4.69) is 24.5 Å². The van der Waals surface area contributed by atoms with Crippen LogP contribution in [0.5, 0.6) is 0 Å². The van der Waals surface area contributed by atoms with Crippen LogP contribution >= 0.6 is 0 Å². The maximum atomic E-state index is 3.77. The molecule has 0 radical (unpaired) electrons. The molecule has 0 aliphatic carbocycles. The third kappa shape index (κ3) is 3.83. The van der Waals surface area contributed by atoms with Gasteiger partial charge in [0.2, 0.25) is 0 Å². The third-order valence-corrected chi connectivity index (χ3v) is 1.16. The van der Waals surface area contributed by atoms with E-state index in [9.17, 15) is 0 Å². The van der Waals surface area contributed by atoms with Gasteiger partial charge in [0.25, 0.3) is 0 Å². The lowest BCUT2D eigenvalue weighted by Gasteiger charge is -2.11. The normalized spacial score (nSPS) is 11.3. The molecule has 0 fully saturated rings. The SMILES string of the molecule is C=C(C)/C=C(/C)N(C)C. The molecule has 0 spiro atoms. The van der Waals surface area contributed by atoms with E-state index in [0.717, 1.165) is 5.57 Å². The van der Waals surface area contributed by atoms with Gasteiger partial charge in [0.1, 0.15) is 0 Å². The second-order valence-electron chi connectivity index (χ2n) is 2.53. The molecule has 52 valence electrons. The van der Waals surface area contributed by atoms with Crippen LogP contribution in [0.25, 0.3) is 0 Å². The van der Waals surface area contributed by atoms with Crippen molar-refractivity contribution in [1.82, 2.24) is 4.90 Å². The van der Waals surface area contributed by atoms with Crippen LogP contribution in [0.4, 0.5) is 0 Å². The summed E-state index contributed by atoms with van der Waals surface area (Å²) in [6, 6.07) is 0. The van der Waals surface area contributed by atoms with Crippen LogP contribution in [-0.4, -0.2) is 19.0 Å². The molecule has 0 aromatic heterocycles. The van der Waals surface area contributed by atoms with Gasteiger partial charge in [-0.25, -0.2) is 0 Å². The van der Waals surface area contributed by atoms with Crippen molar-refractivity contribution in [3.05, 3.63) is 23.9 Å². The average Bonchev–Trinajstić information content (AvgIpc) is 1.63. The van der Waals surface area contributed by atoms with Crippen LogP contribution in [0.1, 0.15) is 13.8 Å². The summed E-state index contributed by atoms with van der Waals surface area (Å²) in [6.07, 6.45) is 2.06. The predicted octanol–water partition coefficient (Wildman–Crippen LogP) is 2.03. The molecule has 1 heteroatoms. The first kappa shape index (κ1) is 8.28. The fourth-order valence-electron chi connectivity index (χ4n) is 0.486. The number of nitrogens with zero attached hydrogens (tertiary/aromatic N) is 1. The lowest BCUT2D eigenvalue weighted by molar-refractivity contribution is 0.513. The summed E-state index contributed by atoms with van der Waals surface area (Å²) in [6.45, 7) is 7.83. The summed E-state index contributed by atoms with van der Waals surface area (Å²) in [5.74, 6) is 0. The second kappa shape index (κ2) is 3.33. The molecular formula is C8H15N. The highest BCUT2D eigenvalue weighted by atomic mass is 15.1. The monoisotopic (exact) mass is 125 g/mol. The number of rotatable bonds is 2. The van der Waals surface area contributed by atoms with E-state index in [-0.39, 0.29) is 0 Å². The summed E-state index contributed by atoms with van der Waals surface area (Å²) < 4.78 is 0. The molecule has 0 aromatic carbocycles. The molecule has 0 saturated carbocycles. The Morgan fingerprint density at radius 1 is 1.33 bits per heavy atom. The van der Waals surface area contributed by atoms with Crippen LogP contribution in [-0.2, 0) is 0 Å². The molecule has 0 aliphatic rings. The zero-order chi connectivity index (χ0) is 7.44. The van der Waals surface area contributed by atoms with Crippen molar-refractivity contribution in [2.75, 3.05) is 14.1 Å². The van der Waals surface area contributed by atoms with Crippen LogP contribution in [0.3, 0.4) is 0 Å². The van der Waals surface area contributed by atoms with E-state index in [4.69, 9.17) is 0 Å². The molecule has 0 amide bonds. The lowest BCUT2D eigenvalue weighted by Crippen LogP contribution is -2.07. The van der Waals surface area contributed by atoms with Crippen molar-refractivity contribution in [2.45, 2.75) is 13.8 Å². The van der Waals surface area contributed by atoms with Crippen molar-refractivity contribution < 1.29 is 0 Å². The molecule has 0 aliphatic heterocycles. The zero-order valence-electron chi connectivity index (χ0n) is 6.73. The highest BCUT2D eigenvalue weighted by molar-refractivity contribution is 5.15. The molecule has 0 aromatic rings. The summed E-state index contributed by atoms with van der Waals surface area (Å²) in [5, 5.41) is 0. The summed E-state index contributed by atoms with van der Waals surface area (Å²) >= 11 is 0. The van der Waals surface area contributed by atoms with Crippen molar-refractivity contribution in [2.24, 2.45) is 0 Å². The van der Waals surface area contributed by atoms with E-state index in [1.807, 2.05) is 21.0 Å². The molecule has 0 N–H and O–H groups in total. The maximum Gasteiger partial charge on any atom is 0.00983 e. The largest absolute Gasteiger partial charge is 0.381 e. The molecule has 0 bridgehead atoms. The van der Waals surface area contributed by atoms with E-state index < -0.39 is 0 Å². The quantitative estimate of drug-likeness (QED) is 0.510. The van der Waals surface area contributed by atoms with Crippen molar-refractivity contribution in [3.63, 3.8) is 0 Å². The van der Waals surface area contributed by atoms with Crippen LogP contribution in [0.15, 0.2) is 23.9 Å². The Balaban J connectivity index is 4.00. The first-order valence-corrected chi connectivity index (χ1v) is 3.05. The predicted molar refractivity (Wildman–Crippen MR) is 42.3 cm³/mol. The lowest BCUT2D eigenvalue weighted by atomic mass is 10.3. The van der Waals surface area contributed by atoms with Crippen LogP contribution < -0.4 is 0 Å². The van der Waals surface area contributed by atoms with Gasteiger partial charge in [-0.05, 0) is 19.9 Å². The highest BCUT2D eigenvalue weighted by Crippen LogP contribution is 2.00. The van der Waals surface area contributed by atoms with E-state index in [0.29, 0.717) is 0 Å². The van der Waals surface area contributed by atoms with Gasteiger partial charge in [-0.2, -0.15) is 0 Å². The Kier molecular flexibility index (Phi) is 3.07. The maximum absolute atomic E-state index is 3.77. The van der Waals surface area contributed by atoms with Gasteiger partial charge in [0.05, 0.1) is 0 Å². The molecule has 0 heterocycles. The van der Waals surface area contributed by atoms with Gasteiger partial charge in [-0.1, -0.05) is 12.2 Å². The van der Waals surface area contributed by atoms with Crippen molar-refractivity contribution in [1.29, 1.82) is 0 Å². The molecular weight excluding hydrogens is 110 g/mol. The topological polar surface area (TPSA) is 3.24 Å². The minimum atomic E-state index is 1.10. The summed E-state index contributed by atoms with van der Waals surface area (Å²) in [4.78, 5) is 2.06. The van der Waals surface area contributed by atoms with E-state index >= 15 is 0 Å². The number of hydrogen-bond donors (Lipinski definition) is 0. The molecule has 9 heavy (non-hydrogen) atoms. The van der Waals surface area contributed by atoms with Crippen LogP contribution in [0.2, 0.25) is 0 Å². The Morgan fingerprint density at radius 3 is 1.89 bits per heavy atom. The Morgan fingerprint density at radius 2 is 1.78 bits per heavy atom. The van der Waals surface area contributed by atoms with E-state index in [1.54, 1.807) is 0 Å². The average molecular weight is 125 g/mol. The minimum Gasteiger partial charge on any atom is -0.381 e. The highest BCUT2D eigenvalue weighted by Gasteiger charge is 1.87. The zero-order valence-corrected chi connectivity index (χ0v) is 6.73. The van der Waals surface area contributed by atoms with Crippen molar-refractivity contribution >= 4 is 0 Å².